The van der Waals surface area contributed by atoms with Crippen LogP contribution in [0.4, 0.5) is 0 Å². The van der Waals surface area contributed by atoms with Gasteiger partial charge >= 0.3 is 0 Å². The zero-order chi connectivity index (χ0) is 13.3. The van der Waals surface area contributed by atoms with Crippen molar-refractivity contribution in [2.75, 3.05) is 0 Å². The Labute approximate surface area is 105 Å². The van der Waals surface area contributed by atoms with Crippen molar-refractivity contribution in [1.29, 1.82) is 0 Å². The Balaban J connectivity index is 2.81. The van der Waals surface area contributed by atoms with Crippen molar-refractivity contribution in [3.05, 3.63) is 18.2 Å². The summed E-state index contributed by atoms with van der Waals surface area (Å²) in [4.78, 5) is 4.48. The van der Waals surface area contributed by atoms with Crippen LogP contribution in [0, 0.1) is 0 Å². The molecule has 1 aromatic heterocycles. The molecule has 0 aliphatic carbocycles. The number of aliphatic hydroxyl groups is 1. The second-order valence-corrected chi connectivity index (χ2v) is 6.62. The fourth-order valence-corrected chi connectivity index (χ4v) is 1.73. The summed E-state index contributed by atoms with van der Waals surface area (Å²) in [5, 5.41) is 9.37. The number of aromatic nitrogens is 2. The molecule has 0 spiro atoms. The highest BCUT2D eigenvalue weighted by Gasteiger charge is 2.23. The van der Waals surface area contributed by atoms with Crippen LogP contribution in [0.2, 0.25) is 0 Å². The molecular weight excluding hydrogens is 212 g/mol. The van der Waals surface area contributed by atoms with Gasteiger partial charge in [0.1, 0.15) is 0 Å². The lowest BCUT2D eigenvalue weighted by Crippen LogP contribution is -2.26. The summed E-state index contributed by atoms with van der Waals surface area (Å²) >= 11 is 0. The lowest BCUT2D eigenvalue weighted by Gasteiger charge is -2.27. The number of hydrogen-bond donors (Lipinski definition) is 1. The van der Waals surface area contributed by atoms with E-state index in [1.54, 1.807) is 0 Å². The van der Waals surface area contributed by atoms with E-state index >= 15 is 0 Å². The van der Waals surface area contributed by atoms with Crippen LogP contribution in [0.25, 0.3) is 0 Å². The van der Waals surface area contributed by atoms with E-state index in [1.165, 1.54) is 0 Å². The van der Waals surface area contributed by atoms with Crippen molar-refractivity contribution in [2.45, 2.75) is 71.4 Å². The molecule has 98 valence electrons. The molecular formula is C14H26N2O. The smallest absolute Gasteiger partial charge is 0.0954 e. The molecule has 0 amide bonds. The summed E-state index contributed by atoms with van der Waals surface area (Å²) in [7, 11) is 0. The van der Waals surface area contributed by atoms with Gasteiger partial charge in [0.25, 0.3) is 0 Å². The lowest BCUT2D eigenvalue weighted by atomic mass is 9.92. The fourth-order valence-electron chi connectivity index (χ4n) is 1.73. The normalized spacial score (nSPS) is 15.0. The minimum Gasteiger partial charge on any atom is -0.393 e. The van der Waals surface area contributed by atoms with Crippen molar-refractivity contribution in [3.8, 4) is 0 Å². The van der Waals surface area contributed by atoms with E-state index in [2.05, 4.69) is 50.4 Å². The molecule has 1 N–H and O–H groups in total. The van der Waals surface area contributed by atoms with Crippen LogP contribution < -0.4 is 0 Å². The van der Waals surface area contributed by atoms with Gasteiger partial charge in [0.05, 0.1) is 18.1 Å². The number of hydrogen-bond acceptors (Lipinski definition) is 2. The van der Waals surface area contributed by atoms with Gasteiger partial charge in [0, 0.05) is 17.2 Å². The molecule has 17 heavy (non-hydrogen) atoms. The Kier molecular flexibility index (Phi) is 4.03. The summed E-state index contributed by atoms with van der Waals surface area (Å²) in [6.45, 7) is 12.7. The van der Waals surface area contributed by atoms with E-state index in [0.29, 0.717) is 0 Å². The van der Waals surface area contributed by atoms with E-state index < -0.39 is 0 Å². The molecule has 1 atom stereocenters. The van der Waals surface area contributed by atoms with Crippen molar-refractivity contribution in [3.63, 3.8) is 0 Å². The third-order valence-electron chi connectivity index (χ3n) is 3.22. The molecule has 0 saturated heterocycles. The van der Waals surface area contributed by atoms with Crippen LogP contribution in [0.1, 0.15) is 60.1 Å². The second kappa shape index (κ2) is 4.81. The van der Waals surface area contributed by atoms with Crippen LogP contribution in [0.5, 0.6) is 0 Å². The summed E-state index contributed by atoms with van der Waals surface area (Å²) in [6, 6.07) is 0. The zero-order valence-corrected chi connectivity index (χ0v) is 12.0. The highest BCUT2D eigenvalue weighted by molar-refractivity contribution is 5.10. The van der Waals surface area contributed by atoms with E-state index in [1.807, 2.05) is 13.3 Å². The van der Waals surface area contributed by atoms with E-state index in [-0.39, 0.29) is 17.1 Å². The molecule has 3 heteroatoms. The maximum absolute atomic E-state index is 9.37. The van der Waals surface area contributed by atoms with Crippen molar-refractivity contribution >= 4 is 0 Å². The van der Waals surface area contributed by atoms with Gasteiger partial charge in [-0.1, -0.05) is 20.8 Å². The van der Waals surface area contributed by atoms with Crippen LogP contribution >= 0.6 is 0 Å². The zero-order valence-electron chi connectivity index (χ0n) is 12.0. The molecule has 0 unspecified atom stereocenters. The van der Waals surface area contributed by atoms with Gasteiger partial charge in [0.2, 0.25) is 0 Å². The van der Waals surface area contributed by atoms with Gasteiger partial charge in [-0.25, -0.2) is 4.98 Å². The van der Waals surface area contributed by atoms with Gasteiger partial charge in [-0.05, 0) is 33.6 Å². The minimum atomic E-state index is -0.236. The molecule has 0 aliphatic rings. The first-order valence-corrected chi connectivity index (χ1v) is 6.36. The molecule has 0 fully saturated rings. The molecule has 0 aromatic carbocycles. The monoisotopic (exact) mass is 238 g/mol. The predicted molar refractivity (Wildman–Crippen MR) is 71.2 cm³/mol. The SMILES string of the molecule is C[C@@H](O)CCC(C)(C)n1cnc(C(C)(C)C)c1. The topological polar surface area (TPSA) is 38.0 Å². The maximum atomic E-state index is 9.37. The Bertz CT molecular complexity index is 359. The average Bonchev–Trinajstić information content (AvgIpc) is 2.63. The van der Waals surface area contributed by atoms with Crippen LogP contribution in [0.3, 0.4) is 0 Å². The number of nitrogens with zero attached hydrogens (tertiary/aromatic N) is 2. The van der Waals surface area contributed by atoms with Crippen molar-refractivity contribution in [1.82, 2.24) is 9.55 Å². The van der Waals surface area contributed by atoms with E-state index in [4.69, 9.17) is 0 Å². The van der Waals surface area contributed by atoms with Gasteiger partial charge < -0.3 is 9.67 Å². The molecule has 0 radical (unpaired) electrons. The molecule has 1 aromatic rings. The molecule has 0 saturated carbocycles. The molecule has 1 rings (SSSR count). The summed E-state index contributed by atoms with van der Waals surface area (Å²) < 4.78 is 2.16. The van der Waals surface area contributed by atoms with Crippen LogP contribution in [-0.2, 0) is 11.0 Å². The maximum Gasteiger partial charge on any atom is 0.0954 e. The molecule has 0 aliphatic heterocycles. The van der Waals surface area contributed by atoms with Gasteiger partial charge in [-0.15, -0.1) is 0 Å². The Morgan fingerprint density at radius 2 is 1.88 bits per heavy atom. The fraction of sp³-hybridized carbons (Fsp3) is 0.786. The average molecular weight is 238 g/mol. The van der Waals surface area contributed by atoms with E-state index in [9.17, 15) is 5.11 Å². The molecule has 0 bridgehead atoms. The third-order valence-corrected chi connectivity index (χ3v) is 3.22. The first-order chi connectivity index (χ1) is 7.63. The number of rotatable bonds is 4. The lowest BCUT2D eigenvalue weighted by molar-refractivity contribution is 0.160. The van der Waals surface area contributed by atoms with Gasteiger partial charge in [-0.2, -0.15) is 0 Å². The number of imidazole rings is 1. The quantitative estimate of drug-likeness (QED) is 0.875. The first-order valence-electron chi connectivity index (χ1n) is 6.36. The summed E-state index contributed by atoms with van der Waals surface area (Å²) in [6.07, 6.45) is 5.56. The van der Waals surface area contributed by atoms with Crippen molar-refractivity contribution < 1.29 is 5.11 Å². The third kappa shape index (κ3) is 3.84. The molecule has 3 nitrogen and oxygen atoms in total. The highest BCUT2D eigenvalue weighted by atomic mass is 16.3. The van der Waals surface area contributed by atoms with Gasteiger partial charge in [-0.3, -0.25) is 0 Å². The highest BCUT2D eigenvalue weighted by Crippen LogP contribution is 2.26. The predicted octanol–water partition coefficient (Wildman–Crippen LogP) is 3.08. The standard InChI is InChI=1S/C14H26N2O/c1-11(17)7-8-14(5,6)16-9-12(15-10-16)13(2,3)4/h9-11,17H,7-8H2,1-6H3/t11-/m1/s1. The first kappa shape index (κ1) is 14.2. The minimum absolute atomic E-state index is 0.00743. The summed E-state index contributed by atoms with van der Waals surface area (Å²) in [5.74, 6) is 0. The van der Waals surface area contributed by atoms with E-state index in [0.717, 1.165) is 18.5 Å². The Morgan fingerprint density at radius 1 is 1.29 bits per heavy atom. The largest absolute Gasteiger partial charge is 0.393 e. The van der Waals surface area contributed by atoms with Crippen LogP contribution in [0.15, 0.2) is 12.5 Å². The molecule has 1 heterocycles. The van der Waals surface area contributed by atoms with Crippen LogP contribution in [-0.4, -0.2) is 20.8 Å². The second-order valence-electron chi connectivity index (χ2n) is 6.62. The van der Waals surface area contributed by atoms with Crippen molar-refractivity contribution in [2.24, 2.45) is 0 Å². The summed E-state index contributed by atoms with van der Waals surface area (Å²) in [5.41, 5.74) is 1.21. The number of aliphatic hydroxyl groups excluding tert-OH is 1. The Hall–Kier alpha value is -0.830. The van der Waals surface area contributed by atoms with Gasteiger partial charge in [0.15, 0.2) is 0 Å². The Morgan fingerprint density at radius 3 is 2.29 bits per heavy atom.